The van der Waals surface area contributed by atoms with E-state index in [1.807, 2.05) is 0 Å². The van der Waals surface area contributed by atoms with Crippen LogP contribution in [0.2, 0.25) is 0 Å². The number of ether oxygens (including phenoxy) is 4. The smallest absolute Gasteiger partial charge is 0.275 e. The van der Waals surface area contributed by atoms with Crippen molar-refractivity contribution in [1.29, 1.82) is 0 Å². The van der Waals surface area contributed by atoms with Crippen molar-refractivity contribution < 1.29 is 29.2 Å². The summed E-state index contributed by atoms with van der Waals surface area (Å²) in [5.41, 5.74) is 5.30. The molecule has 2 unspecified atom stereocenters. The zero-order chi connectivity index (χ0) is 13.5. The number of hydrogen-bond acceptors (Lipinski definition) is 7. The summed E-state index contributed by atoms with van der Waals surface area (Å²) >= 11 is 0. The van der Waals surface area contributed by atoms with E-state index in [1.165, 1.54) is 28.3 Å². The van der Waals surface area contributed by atoms with E-state index in [9.17, 15) is 10.2 Å². The number of aliphatic hydroxyl groups excluding tert-OH is 1. The molecule has 0 spiro atoms. The van der Waals surface area contributed by atoms with Crippen LogP contribution in [-0.2, 0) is 18.9 Å². The summed E-state index contributed by atoms with van der Waals surface area (Å²) in [4.78, 5) is 0. The topological polar surface area (TPSA) is 103 Å². The molecule has 0 fully saturated rings. The van der Waals surface area contributed by atoms with Gasteiger partial charge in [0.15, 0.2) is 0 Å². The molecule has 0 aliphatic rings. The summed E-state index contributed by atoms with van der Waals surface area (Å²) in [6.45, 7) is 1.95. The first-order chi connectivity index (χ1) is 7.91. The van der Waals surface area contributed by atoms with Gasteiger partial charge in [0.05, 0.1) is 6.61 Å². The van der Waals surface area contributed by atoms with Gasteiger partial charge < -0.3 is 34.9 Å². The van der Waals surface area contributed by atoms with Gasteiger partial charge in [-0.25, -0.2) is 0 Å². The standard InChI is InChI=1S/C10H23NO6/c1-9(13,14-2)10(15-3,16-4)8(12)17-7-5-6-11/h8,12-13H,5-7,11H2,1-4H3. The second kappa shape index (κ2) is 7.22. The van der Waals surface area contributed by atoms with Gasteiger partial charge in [-0.3, -0.25) is 0 Å². The Kier molecular flexibility index (Phi) is 7.10. The van der Waals surface area contributed by atoms with Crippen LogP contribution < -0.4 is 5.73 Å². The number of hydrogen-bond donors (Lipinski definition) is 3. The van der Waals surface area contributed by atoms with Gasteiger partial charge >= 0.3 is 0 Å². The Bertz CT molecular complexity index is 207. The number of nitrogens with two attached hydrogens (primary N) is 1. The molecule has 0 aromatic rings. The quantitative estimate of drug-likeness (QED) is 0.358. The maximum Gasteiger partial charge on any atom is 0.275 e. The van der Waals surface area contributed by atoms with E-state index >= 15 is 0 Å². The molecule has 0 aliphatic heterocycles. The summed E-state index contributed by atoms with van der Waals surface area (Å²) in [6, 6.07) is 0. The molecule has 0 aliphatic carbocycles. The third-order valence-corrected chi connectivity index (χ3v) is 2.60. The first kappa shape index (κ1) is 16.7. The zero-order valence-electron chi connectivity index (χ0n) is 10.8. The van der Waals surface area contributed by atoms with Crippen LogP contribution in [0.1, 0.15) is 13.3 Å². The van der Waals surface area contributed by atoms with Crippen molar-refractivity contribution in [3.63, 3.8) is 0 Å². The van der Waals surface area contributed by atoms with Crippen LogP contribution in [0.4, 0.5) is 0 Å². The zero-order valence-corrected chi connectivity index (χ0v) is 10.8. The molecular formula is C10H23NO6. The molecule has 2 atom stereocenters. The molecule has 0 amide bonds. The Hall–Kier alpha value is -0.280. The first-order valence-electron chi connectivity index (χ1n) is 5.29. The molecule has 0 aromatic carbocycles. The molecule has 0 aromatic heterocycles. The fourth-order valence-corrected chi connectivity index (χ4v) is 1.42. The highest BCUT2D eigenvalue weighted by atomic mass is 16.8. The summed E-state index contributed by atoms with van der Waals surface area (Å²) in [7, 11) is 3.80. The van der Waals surface area contributed by atoms with Gasteiger partial charge in [-0.15, -0.1) is 0 Å². The highest BCUT2D eigenvalue weighted by molar-refractivity contribution is 4.86. The maximum atomic E-state index is 10.0. The minimum Gasteiger partial charge on any atom is -0.364 e. The van der Waals surface area contributed by atoms with Crippen molar-refractivity contribution >= 4 is 0 Å². The Morgan fingerprint density at radius 2 is 1.71 bits per heavy atom. The van der Waals surface area contributed by atoms with Gasteiger partial charge in [-0.1, -0.05) is 0 Å². The Labute approximate surface area is 101 Å². The largest absolute Gasteiger partial charge is 0.364 e. The fraction of sp³-hybridized carbons (Fsp3) is 1.00. The minimum absolute atomic E-state index is 0.214. The molecule has 7 heteroatoms. The van der Waals surface area contributed by atoms with Crippen LogP contribution in [0.3, 0.4) is 0 Å². The molecule has 0 heterocycles. The van der Waals surface area contributed by atoms with Crippen molar-refractivity contribution in [3.05, 3.63) is 0 Å². The van der Waals surface area contributed by atoms with E-state index in [0.717, 1.165) is 0 Å². The lowest BCUT2D eigenvalue weighted by Crippen LogP contribution is -2.63. The van der Waals surface area contributed by atoms with Crippen LogP contribution in [-0.4, -0.2) is 62.6 Å². The molecule has 17 heavy (non-hydrogen) atoms. The Balaban J connectivity index is 4.80. The molecule has 0 saturated heterocycles. The van der Waals surface area contributed by atoms with Gasteiger partial charge in [0, 0.05) is 21.3 Å². The lowest BCUT2D eigenvalue weighted by atomic mass is 10.1. The van der Waals surface area contributed by atoms with Crippen molar-refractivity contribution in [1.82, 2.24) is 0 Å². The van der Waals surface area contributed by atoms with Gasteiger partial charge in [0.1, 0.15) is 0 Å². The van der Waals surface area contributed by atoms with E-state index < -0.39 is 17.9 Å². The molecule has 0 radical (unpaired) electrons. The first-order valence-corrected chi connectivity index (χ1v) is 5.29. The normalized spacial score (nSPS) is 17.8. The van der Waals surface area contributed by atoms with E-state index in [2.05, 4.69) is 0 Å². The van der Waals surface area contributed by atoms with E-state index in [4.69, 9.17) is 24.7 Å². The van der Waals surface area contributed by atoms with Gasteiger partial charge in [0.2, 0.25) is 12.1 Å². The third-order valence-electron chi connectivity index (χ3n) is 2.60. The molecular weight excluding hydrogens is 230 g/mol. The third kappa shape index (κ3) is 3.59. The van der Waals surface area contributed by atoms with Gasteiger partial charge in [-0.2, -0.15) is 0 Å². The van der Waals surface area contributed by atoms with Crippen molar-refractivity contribution in [3.8, 4) is 0 Å². The summed E-state index contributed by atoms with van der Waals surface area (Å²) < 4.78 is 20.0. The summed E-state index contributed by atoms with van der Waals surface area (Å²) in [5, 5.41) is 19.9. The SMILES string of the molecule is COC(C)(O)C(OC)(OC)C(O)OCCCN. The van der Waals surface area contributed by atoms with Crippen LogP contribution in [0.15, 0.2) is 0 Å². The molecule has 0 saturated carbocycles. The van der Waals surface area contributed by atoms with Crippen LogP contribution in [0.25, 0.3) is 0 Å². The van der Waals surface area contributed by atoms with Crippen LogP contribution in [0.5, 0.6) is 0 Å². The monoisotopic (exact) mass is 253 g/mol. The van der Waals surface area contributed by atoms with E-state index in [0.29, 0.717) is 13.0 Å². The second-order valence-corrected chi connectivity index (χ2v) is 3.63. The summed E-state index contributed by atoms with van der Waals surface area (Å²) in [6.07, 6.45) is -0.950. The Morgan fingerprint density at radius 3 is 2.06 bits per heavy atom. The van der Waals surface area contributed by atoms with Crippen molar-refractivity contribution in [2.24, 2.45) is 5.73 Å². The number of aliphatic hydroxyl groups is 2. The second-order valence-electron chi connectivity index (χ2n) is 3.63. The van der Waals surface area contributed by atoms with E-state index in [-0.39, 0.29) is 6.61 Å². The minimum atomic E-state index is -1.88. The average molecular weight is 253 g/mol. The van der Waals surface area contributed by atoms with Crippen molar-refractivity contribution in [2.45, 2.75) is 31.2 Å². The molecule has 104 valence electrons. The van der Waals surface area contributed by atoms with Crippen LogP contribution >= 0.6 is 0 Å². The highest BCUT2D eigenvalue weighted by Gasteiger charge is 2.56. The molecule has 0 rings (SSSR count). The maximum absolute atomic E-state index is 10.0. The Morgan fingerprint density at radius 1 is 1.18 bits per heavy atom. The van der Waals surface area contributed by atoms with Gasteiger partial charge in [-0.05, 0) is 19.9 Å². The van der Waals surface area contributed by atoms with Crippen molar-refractivity contribution in [2.75, 3.05) is 34.5 Å². The lowest BCUT2D eigenvalue weighted by Gasteiger charge is -2.43. The molecule has 7 nitrogen and oxygen atoms in total. The molecule has 0 bridgehead atoms. The average Bonchev–Trinajstić information content (AvgIpc) is 2.31. The lowest BCUT2D eigenvalue weighted by molar-refractivity contribution is -0.431. The van der Waals surface area contributed by atoms with E-state index in [1.54, 1.807) is 0 Å². The predicted octanol–water partition coefficient (Wildman–Crippen LogP) is -0.986. The van der Waals surface area contributed by atoms with Gasteiger partial charge in [0.25, 0.3) is 5.79 Å². The fourth-order valence-electron chi connectivity index (χ4n) is 1.42. The number of methoxy groups -OCH3 is 3. The summed E-state index contributed by atoms with van der Waals surface area (Å²) in [5.74, 6) is -3.71. The van der Waals surface area contributed by atoms with Crippen LogP contribution in [0, 0.1) is 0 Å². The predicted molar refractivity (Wildman–Crippen MR) is 60.0 cm³/mol. The highest BCUT2D eigenvalue weighted by Crippen LogP contribution is 2.31. The molecule has 4 N–H and O–H groups in total. The number of rotatable bonds is 9.